The van der Waals surface area contributed by atoms with E-state index >= 15 is 0 Å². The van der Waals surface area contributed by atoms with Crippen molar-refractivity contribution in [2.75, 3.05) is 6.54 Å². The molecule has 0 spiro atoms. The highest BCUT2D eigenvalue weighted by molar-refractivity contribution is 7.12. The van der Waals surface area contributed by atoms with Gasteiger partial charge in [-0.15, -0.1) is 11.3 Å². The zero-order chi connectivity index (χ0) is 14.8. The normalized spacial score (nSPS) is 14.4. The molecule has 1 aliphatic carbocycles. The number of amides is 1. The summed E-state index contributed by atoms with van der Waals surface area (Å²) in [5.74, 6) is -0.384. The first-order chi connectivity index (χ1) is 10.1. The van der Waals surface area contributed by atoms with Crippen molar-refractivity contribution in [3.05, 3.63) is 40.7 Å². The summed E-state index contributed by atoms with van der Waals surface area (Å²) in [5.41, 5.74) is 1.62. The van der Waals surface area contributed by atoms with Crippen molar-refractivity contribution in [1.82, 2.24) is 9.88 Å². The molecule has 0 aliphatic heterocycles. The summed E-state index contributed by atoms with van der Waals surface area (Å²) in [6.07, 6.45) is -0.909. The second-order valence-electron chi connectivity index (χ2n) is 4.98. The molecule has 110 valence electrons. The molecule has 1 saturated carbocycles. The molecule has 3 rings (SSSR count). The van der Waals surface area contributed by atoms with Crippen LogP contribution in [0.3, 0.4) is 0 Å². The Kier molecular flexibility index (Phi) is 3.96. The number of alkyl halides is 2. The van der Waals surface area contributed by atoms with Gasteiger partial charge in [-0.2, -0.15) is 0 Å². The number of thiazole rings is 1. The van der Waals surface area contributed by atoms with Gasteiger partial charge in [0.1, 0.15) is 0 Å². The molecule has 3 nitrogen and oxygen atoms in total. The van der Waals surface area contributed by atoms with Crippen LogP contribution >= 0.6 is 11.3 Å². The third kappa shape index (κ3) is 3.26. The van der Waals surface area contributed by atoms with Crippen molar-refractivity contribution in [2.45, 2.75) is 25.3 Å². The van der Waals surface area contributed by atoms with Gasteiger partial charge in [0.15, 0.2) is 5.01 Å². The Morgan fingerprint density at radius 1 is 1.33 bits per heavy atom. The summed E-state index contributed by atoms with van der Waals surface area (Å²) < 4.78 is 25.2. The van der Waals surface area contributed by atoms with E-state index in [0.29, 0.717) is 5.69 Å². The van der Waals surface area contributed by atoms with Crippen LogP contribution in [-0.2, 0) is 0 Å². The lowest BCUT2D eigenvalue weighted by Gasteiger charge is -2.20. The van der Waals surface area contributed by atoms with Gasteiger partial charge in [0.2, 0.25) is 0 Å². The Labute approximate surface area is 125 Å². The van der Waals surface area contributed by atoms with Crippen LogP contribution in [0.25, 0.3) is 11.3 Å². The van der Waals surface area contributed by atoms with Crippen molar-refractivity contribution in [1.29, 1.82) is 0 Å². The molecule has 2 aromatic rings. The van der Waals surface area contributed by atoms with Gasteiger partial charge in [0.25, 0.3) is 12.3 Å². The minimum Gasteiger partial charge on any atom is -0.328 e. The molecule has 0 saturated heterocycles. The third-order valence-electron chi connectivity index (χ3n) is 3.34. The maximum absolute atomic E-state index is 12.6. The highest BCUT2D eigenvalue weighted by Gasteiger charge is 2.35. The predicted molar refractivity (Wildman–Crippen MR) is 77.6 cm³/mol. The molecule has 6 heteroatoms. The van der Waals surface area contributed by atoms with E-state index < -0.39 is 13.0 Å². The van der Waals surface area contributed by atoms with E-state index in [1.807, 2.05) is 30.3 Å². The maximum Gasteiger partial charge on any atom is 0.283 e. The quantitative estimate of drug-likeness (QED) is 0.844. The molecule has 1 fully saturated rings. The Balaban J connectivity index is 1.80. The van der Waals surface area contributed by atoms with Crippen molar-refractivity contribution in [3.8, 4) is 11.3 Å². The average Bonchev–Trinajstić information content (AvgIpc) is 3.21. The standard InChI is InChI=1S/C15H14F2N2OS/c16-13(17)8-19(11-6-7-11)15(20)14-18-12(9-21-14)10-4-2-1-3-5-10/h1-5,9,11,13H,6-8H2. The van der Waals surface area contributed by atoms with Gasteiger partial charge in [-0.3, -0.25) is 4.79 Å². The fraction of sp³-hybridized carbons (Fsp3) is 0.333. The summed E-state index contributed by atoms with van der Waals surface area (Å²) >= 11 is 1.21. The number of rotatable bonds is 5. The zero-order valence-electron chi connectivity index (χ0n) is 11.2. The molecule has 1 aromatic carbocycles. The molecule has 1 aromatic heterocycles. The van der Waals surface area contributed by atoms with Gasteiger partial charge in [0.05, 0.1) is 12.2 Å². The number of hydrogen-bond acceptors (Lipinski definition) is 3. The van der Waals surface area contributed by atoms with Gasteiger partial charge < -0.3 is 4.90 Å². The molecular weight excluding hydrogens is 294 g/mol. The second kappa shape index (κ2) is 5.89. The number of benzene rings is 1. The average molecular weight is 308 g/mol. The molecule has 0 radical (unpaired) electrons. The monoisotopic (exact) mass is 308 g/mol. The van der Waals surface area contributed by atoms with Gasteiger partial charge in [-0.05, 0) is 12.8 Å². The number of carbonyl (C=O) groups is 1. The van der Waals surface area contributed by atoms with Crippen LogP contribution in [0.4, 0.5) is 8.78 Å². The van der Waals surface area contributed by atoms with E-state index in [9.17, 15) is 13.6 Å². The van der Waals surface area contributed by atoms with E-state index in [2.05, 4.69) is 4.98 Å². The molecule has 0 atom stereocenters. The van der Waals surface area contributed by atoms with Gasteiger partial charge >= 0.3 is 0 Å². The first kappa shape index (κ1) is 14.1. The first-order valence-electron chi connectivity index (χ1n) is 6.75. The molecular formula is C15H14F2N2OS. The summed E-state index contributed by atoms with van der Waals surface area (Å²) in [4.78, 5) is 17.9. The van der Waals surface area contributed by atoms with E-state index in [1.54, 1.807) is 5.38 Å². The molecule has 0 bridgehead atoms. The molecule has 1 amide bonds. The Morgan fingerprint density at radius 3 is 2.67 bits per heavy atom. The van der Waals surface area contributed by atoms with E-state index in [4.69, 9.17) is 0 Å². The second-order valence-corrected chi connectivity index (χ2v) is 5.84. The van der Waals surface area contributed by atoms with Crippen LogP contribution in [-0.4, -0.2) is 34.8 Å². The third-order valence-corrected chi connectivity index (χ3v) is 4.17. The van der Waals surface area contributed by atoms with Crippen LogP contribution in [0.15, 0.2) is 35.7 Å². The lowest BCUT2D eigenvalue weighted by molar-refractivity contribution is 0.0534. The highest BCUT2D eigenvalue weighted by atomic mass is 32.1. The largest absolute Gasteiger partial charge is 0.328 e. The summed E-state index contributed by atoms with van der Waals surface area (Å²) in [5, 5.41) is 2.07. The van der Waals surface area contributed by atoms with Crippen LogP contribution in [0, 0.1) is 0 Å². The molecule has 1 aliphatic rings. The molecule has 0 unspecified atom stereocenters. The highest BCUT2D eigenvalue weighted by Crippen LogP contribution is 2.30. The Hall–Kier alpha value is -1.82. The fourth-order valence-electron chi connectivity index (χ4n) is 2.17. The minimum absolute atomic E-state index is 0.0458. The molecule has 21 heavy (non-hydrogen) atoms. The van der Waals surface area contributed by atoms with Crippen LogP contribution in [0.1, 0.15) is 22.6 Å². The lowest BCUT2D eigenvalue weighted by atomic mass is 10.2. The van der Waals surface area contributed by atoms with Gasteiger partial charge in [-0.1, -0.05) is 30.3 Å². The van der Waals surface area contributed by atoms with Gasteiger partial charge in [-0.25, -0.2) is 13.8 Å². The summed E-state index contributed by atoms with van der Waals surface area (Å²) in [7, 11) is 0. The number of carbonyl (C=O) groups excluding carboxylic acids is 1. The van der Waals surface area contributed by atoms with Crippen molar-refractivity contribution >= 4 is 17.2 Å². The number of halogens is 2. The van der Waals surface area contributed by atoms with E-state index in [-0.39, 0.29) is 17.0 Å². The van der Waals surface area contributed by atoms with Crippen LogP contribution in [0.2, 0.25) is 0 Å². The number of hydrogen-bond donors (Lipinski definition) is 0. The molecule has 0 N–H and O–H groups in total. The Bertz CT molecular complexity index is 626. The van der Waals surface area contributed by atoms with Crippen LogP contribution in [0.5, 0.6) is 0 Å². The SMILES string of the molecule is O=C(c1nc(-c2ccccc2)cs1)N(CC(F)F)C1CC1. The Morgan fingerprint density at radius 2 is 2.05 bits per heavy atom. The van der Waals surface area contributed by atoms with Crippen molar-refractivity contribution < 1.29 is 13.6 Å². The zero-order valence-corrected chi connectivity index (χ0v) is 12.0. The van der Waals surface area contributed by atoms with Crippen molar-refractivity contribution in [2.24, 2.45) is 0 Å². The van der Waals surface area contributed by atoms with Crippen LogP contribution < -0.4 is 0 Å². The minimum atomic E-state index is -2.51. The lowest BCUT2D eigenvalue weighted by Crippen LogP contribution is -2.36. The van der Waals surface area contributed by atoms with E-state index in [1.165, 1.54) is 16.2 Å². The van der Waals surface area contributed by atoms with E-state index in [0.717, 1.165) is 18.4 Å². The van der Waals surface area contributed by atoms with Gasteiger partial charge in [0, 0.05) is 17.0 Å². The molecule has 1 heterocycles. The smallest absolute Gasteiger partial charge is 0.283 e. The first-order valence-corrected chi connectivity index (χ1v) is 7.63. The maximum atomic E-state index is 12.6. The fourth-order valence-corrected chi connectivity index (χ4v) is 2.95. The van der Waals surface area contributed by atoms with Crippen molar-refractivity contribution in [3.63, 3.8) is 0 Å². The number of nitrogens with zero attached hydrogens (tertiary/aromatic N) is 2. The topological polar surface area (TPSA) is 33.2 Å². The summed E-state index contributed by atoms with van der Waals surface area (Å²) in [6, 6.07) is 9.45. The number of aromatic nitrogens is 1. The predicted octanol–water partition coefficient (Wildman–Crippen LogP) is 3.68. The summed E-state index contributed by atoms with van der Waals surface area (Å²) in [6.45, 7) is -0.510.